The van der Waals surface area contributed by atoms with Crippen molar-refractivity contribution in [2.45, 2.75) is 39.1 Å². The van der Waals surface area contributed by atoms with E-state index in [9.17, 15) is 9.59 Å². The van der Waals surface area contributed by atoms with E-state index >= 15 is 0 Å². The van der Waals surface area contributed by atoms with Crippen molar-refractivity contribution in [1.29, 1.82) is 0 Å². The van der Waals surface area contributed by atoms with Gasteiger partial charge in [0.2, 0.25) is 0 Å². The van der Waals surface area contributed by atoms with Crippen LogP contribution in [0.15, 0.2) is 24.3 Å². The number of nitrogens with zero attached hydrogens (tertiary/aromatic N) is 1. The lowest BCUT2D eigenvalue weighted by Gasteiger charge is -2.35. The van der Waals surface area contributed by atoms with Crippen molar-refractivity contribution in [2.75, 3.05) is 19.7 Å². The molecule has 1 aliphatic rings. The Morgan fingerprint density at radius 2 is 1.83 bits per heavy atom. The minimum Gasteiger partial charge on any atom is -0.479 e. The molecule has 0 spiro atoms. The lowest BCUT2D eigenvalue weighted by atomic mass is 10.2. The number of rotatable bonds is 5. The molecule has 0 bridgehead atoms. The fourth-order valence-electron chi connectivity index (χ4n) is 2.49. The summed E-state index contributed by atoms with van der Waals surface area (Å²) in [6.45, 7) is 6.08. The topological polar surface area (TPSA) is 65.1 Å². The van der Waals surface area contributed by atoms with E-state index in [-0.39, 0.29) is 24.7 Å². The summed E-state index contributed by atoms with van der Waals surface area (Å²) in [5.41, 5.74) is 0. The number of esters is 1. The molecule has 24 heavy (non-hydrogen) atoms. The van der Waals surface area contributed by atoms with Gasteiger partial charge in [-0.15, -0.1) is 0 Å². The minimum atomic E-state index is -0.818. The second-order valence-electron chi connectivity index (χ2n) is 5.88. The zero-order valence-corrected chi connectivity index (χ0v) is 14.8. The zero-order chi connectivity index (χ0) is 17.7. The van der Waals surface area contributed by atoms with E-state index in [1.807, 2.05) is 13.8 Å². The van der Waals surface area contributed by atoms with Gasteiger partial charge in [0.15, 0.2) is 12.7 Å². The highest BCUT2D eigenvalue weighted by Gasteiger charge is 2.27. The van der Waals surface area contributed by atoms with Crippen LogP contribution in [0, 0.1) is 0 Å². The van der Waals surface area contributed by atoms with Gasteiger partial charge in [0, 0.05) is 18.1 Å². The number of hydrogen-bond acceptors (Lipinski definition) is 5. The summed E-state index contributed by atoms with van der Waals surface area (Å²) in [6, 6.07) is 6.65. The van der Waals surface area contributed by atoms with Crippen LogP contribution >= 0.6 is 11.6 Å². The van der Waals surface area contributed by atoms with Crippen LogP contribution in [0.4, 0.5) is 0 Å². The Labute approximate surface area is 146 Å². The lowest BCUT2D eigenvalue weighted by molar-refractivity contribution is -0.161. The highest BCUT2D eigenvalue weighted by Crippen LogP contribution is 2.17. The van der Waals surface area contributed by atoms with E-state index in [2.05, 4.69) is 0 Å². The maximum Gasteiger partial charge on any atom is 0.347 e. The van der Waals surface area contributed by atoms with E-state index in [1.54, 1.807) is 36.1 Å². The van der Waals surface area contributed by atoms with Gasteiger partial charge in [0.05, 0.1) is 12.2 Å². The molecular formula is C17H22ClNO5. The molecule has 0 radical (unpaired) electrons. The maximum atomic E-state index is 12.1. The second-order valence-corrected chi connectivity index (χ2v) is 6.31. The first-order chi connectivity index (χ1) is 11.3. The van der Waals surface area contributed by atoms with Crippen LogP contribution in [0.3, 0.4) is 0 Å². The van der Waals surface area contributed by atoms with Gasteiger partial charge >= 0.3 is 5.97 Å². The number of carbonyl (C=O) groups excluding carboxylic acids is 2. The Balaban J connectivity index is 1.79. The van der Waals surface area contributed by atoms with Crippen molar-refractivity contribution in [3.8, 4) is 5.75 Å². The van der Waals surface area contributed by atoms with E-state index in [4.69, 9.17) is 25.8 Å². The fraction of sp³-hybridized carbons (Fsp3) is 0.529. The SMILES string of the molecule is CC1CN(C(=O)COC(=O)C(C)Oc2ccc(Cl)cc2)CC(C)O1. The molecule has 1 aromatic rings. The highest BCUT2D eigenvalue weighted by molar-refractivity contribution is 6.30. The van der Waals surface area contributed by atoms with Gasteiger partial charge in [-0.2, -0.15) is 0 Å². The van der Waals surface area contributed by atoms with Crippen molar-refractivity contribution in [1.82, 2.24) is 4.90 Å². The van der Waals surface area contributed by atoms with Crippen molar-refractivity contribution < 1.29 is 23.8 Å². The summed E-state index contributed by atoms with van der Waals surface area (Å²) >= 11 is 5.79. The molecule has 1 aliphatic heterocycles. The summed E-state index contributed by atoms with van der Waals surface area (Å²) in [5, 5.41) is 0.581. The molecule has 132 valence electrons. The third-order valence-electron chi connectivity index (χ3n) is 3.57. The molecule has 3 atom stereocenters. The average molecular weight is 356 g/mol. The number of morpholine rings is 1. The Kier molecular flexibility index (Phi) is 6.45. The molecule has 0 saturated carbocycles. The summed E-state index contributed by atoms with van der Waals surface area (Å²) in [5.74, 6) is -0.317. The van der Waals surface area contributed by atoms with Crippen LogP contribution in [0.5, 0.6) is 5.75 Å². The Morgan fingerprint density at radius 3 is 2.42 bits per heavy atom. The molecule has 1 amide bonds. The molecule has 1 fully saturated rings. The van der Waals surface area contributed by atoms with Gasteiger partial charge < -0.3 is 19.1 Å². The van der Waals surface area contributed by atoms with Gasteiger partial charge in [-0.1, -0.05) is 11.6 Å². The Bertz CT molecular complexity index is 567. The zero-order valence-electron chi connectivity index (χ0n) is 14.0. The second kappa shape index (κ2) is 8.35. The molecule has 7 heteroatoms. The van der Waals surface area contributed by atoms with Crippen molar-refractivity contribution in [2.24, 2.45) is 0 Å². The number of amides is 1. The standard InChI is InChI=1S/C17H22ClNO5/c1-11-8-19(9-12(2)23-11)16(20)10-22-17(21)13(3)24-15-6-4-14(18)5-7-15/h4-7,11-13H,8-10H2,1-3H3. The van der Waals surface area contributed by atoms with Crippen molar-refractivity contribution >= 4 is 23.5 Å². The molecule has 0 aromatic heterocycles. The number of hydrogen-bond donors (Lipinski definition) is 0. The summed E-state index contributed by atoms with van der Waals surface area (Å²) in [7, 11) is 0. The summed E-state index contributed by atoms with van der Waals surface area (Å²) < 4.78 is 16.1. The van der Waals surface area contributed by atoms with Gasteiger partial charge in [0.25, 0.3) is 5.91 Å². The van der Waals surface area contributed by atoms with Crippen molar-refractivity contribution in [3.63, 3.8) is 0 Å². The first kappa shape index (κ1) is 18.5. The lowest BCUT2D eigenvalue weighted by Crippen LogP contribution is -2.49. The van der Waals surface area contributed by atoms with E-state index < -0.39 is 12.1 Å². The smallest absolute Gasteiger partial charge is 0.347 e. The van der Waals surface area contributed by atoms with Crippen LogP contribution in [0.1, 0.15) is 20.8 Å². The average Bonchev–Trinajstić information content (AvgIpc) is 2.53. The molecule has 1 aromatic carbocycles. The van der Waals surface area contributed by atoms with Crippen LogP contribution in [-0.4, -0.2) is 54.8 Å². The highest BCUT2D eigenvalue weighted by atomic mass is 35.5. The Morgan fingerprint density at radius 1 is 1.25 bits per heavy atom. The number of ether oxygens (including phenoxy) is 3. The fourth-order valence-corrected chi connectivity index (χ4v) is 2.61. The number of benzene rings is 1. The first-order valence-electron chi connectivity index (χ1n) is 7.87. The molecule has 1 saturated heterocycles. The molecule has 1 heterocycles. The molecule has 0 aliphatic carbocycles. The maximum absolute atomic E-state index is 12.1. The first-order valence-corrected chi connectivity index (χ1v) is 8.25. The Hall–Kier alpha value is -1.79. The minimum absolute atomic E-state index is 0.0273. The van der Waals surface area contributed by atoms with E-state index in [0.717, 1.165) is 0 Å². The van der Waals surface area contributed by atoms with Gasteiger partial charge in [-0.25, -0.2) is 4.79 Å². The van der Waals surface area contributed by atoms with Crippen LogP contribution < -0.4 is 4.74 Å². The molecule has 3 unspecified atom stereocenters. The van der Waals surface area contributed by atoms with Gasteiger partial charge in [-0.05, 0) is 45.0 Å². The van der Waals surface area contributed by atoms with Crippen molar-refractivity contribution in [3.05, 3.63) is 29.3 Å². The van der Waals surface area contributed by atoms with Gasteiger partial charge in [-0.3, -0.25) is 4.79 Å². The summed E-state index contributed by atoms with van der Waals surface area (Å²) in [4.78, 5) is 25.8. The molecular weight excluding hydrogens is 334 g/mol. The summed E-state index contributed by atoms with van der Waals surface area (Å²) in [6.07, 6.45) is -0.873. The van der Waals surface area contributed by atoms with E-state index in [1.165, 1.54) is 0 Å². The number of halogens is 1. The predicted molar refractivity (Wildman–Crippen MR) is 89.1 cm³/mol. The predicted octanol–water partition coefficient (Wildman–Crippen LogP) is 2.29. The van der Waals surface area contributed by atoms with Gasteiger partial charge in [0.1, 0.15) is 5.75 Å². The normalized spacial score (nSPS) is 21.9. The largest absolute Gasteiger partial charge is 0.479 e. The van der Waals surface area contributed by atoms with Crippen LogP contribution in [-0.2, 0) is 19.1 Å². The molecule has 2 rings (SSSR count). The van der Waals surface area contributed by atoms with Crippen LogP contribution in [0.2, 0.25) is 5.02 Å². The van der Waals surface area contributed by atoms with Crippen LogP contribution in [0.25, 0.3) is 0 Å². The molecule has 0 N–H and O–H groups in total. The molecule has 6 nitrogen and oxygen atoms in total. The number of carbonyl (C=O) groups is 2. The third-order valence-corrected chi connectivity index (χ3v) is 3.82. The quantitative estimate of drug-likeness (QED) is 0.758. The van der Waals surface area contributed by atoms with E-state index in [0.29, 0.717) is 23.9 Å². The third kappa shape index (κ3) is 5.39. The monoisotopic (exact) mass is 355 g/mol.